The Kier molecular flexibility index (Phi) is 3.90. The summed E-state index contributed by atoms with van der Waals surface area (Å²) >= 11 is 0. The van der Waals surface area contributed by atoms with E-state index in [0.717, 1.165) is 33.8 Å². The molecule has 0 saturated heterocycles. The Morgan fingerprint density at radius 3 is 2.16 bits per heavy atom. The zero-order valence-electron chi connectivity index (χ0n) is 14.3. The quantitative estimate of drug-likeness (QED) is 0.532. The van der Waals surface area contributed by atoms with Gasteiger partial charge in [0.1, 0.15) is 0 Å². The molecule has 0 saturated carbocycles. The van der Waals surface area contributed by atoms with Crippen molar-refractivity contribution in [1.29, 1.82) is 0 Å². The maximum atomic E-state index is 4.92. The number of benzene rings is 1. The maximum absolute atomic E-state index is 4.92. The summed E-state index contributed by atoms with van der Waals surface area (Å²) in [5, 5.41) is 0. The molecule has 4 rings (SSSR count). The van der Waals surface area contributed by atoms with Crippen molar-refractivity contribution in [1.82, 2.24) is 9.97 Å². The first-order chi connectivity index (χ1) is 12.2. The van der Waals surface area contributed by atoms with Crippen molar-refractivity contribution >= 4 is 5.69 Å². The average Bonchev–Trinajstić information content (AvgIpc) is 2.85. The Bertz CT molecular complexity index is 960. The van der Waals surface area contributed by atoms with Crippen LogP contribution >= 0.6 is 0 Å². The van der Waals surface area contributed by atoms with Crippen LogP contribution in [-0.2, 0) is 0 Å². The molecule has 0 unspecified atom stereocenters. The van der Waals surface area contributed by atoms with Crippen LogP contribution in [0.1, 0.15) is 0 Å². The van der Waals surface area contributed by atoms with E-state index in [1.807, 2.05) is 50.6 Å². The molecule has 0 amide bonds. The second-order valence-electron chi connectivity index (χ2n) is 6.20. The van der Waals surface area contributed by atoms with Gasteiger partial charge < -0.3 is 4.90 Å². The molecule has 0 atom stereocenters. The number of hydrogen-bond acceptors (Lipinski definition) is 3. The summed E-state index contributed by atoms with van der Waals surface area (Å²) in [5.41, 5.74) is 7.39. The van der Waals surface area contributed by atoms with Crippen LogP contribution in [0.3, 0.4) is 0 Å². The molecule has 122 valence electrons. The fourth-order valence-electron chi connectivity index (χ4n) is 3.05. The lowest BCUT2D eigenvalue weighted by Crippen LogP contribution is -2.07. The number of nitrogens with zero attached hydrogens (tertiary/aromatic N) is 3. The largest absolute Gasteiger partial charge is 0.378 e. The van der Waals surface area contributed by atoms with Crippen molar-refractivity contribution in [2.75, 3.05) is 19.0 Å². The molecule has 1 aliphatic carbocycles. The number of pyridine rings is 1. The van der Waals surface area contributed by atoms with Crippen LogP contribution in [-0.4, -0.2) is 24.1 Å². The summed E-state index contributed by atoms with van der Waals surface area (Å²) in [6.07, 6.45) is 1.83. The molecule has 1 aliphatic heterocycles. The summed E-state index contributed by atoms with van der Waals surface area (Å²) in [5.74, 6) is 0. The van der Waals surface area contributed by atoms with Crippen LogP contribution < -0.4 is 4.90 Å². The lowest BCUT2D eigenvalue weighted by molar-refractivity contribution is 1.13. The van der Waals surface area contributed by atoms with E-state index in [1.165, 1.54) is 5.69 Å². The fraction of sp³-hybridized carbons (Fsp3) is 0.0909. The third kappa shape index (κ3) is 2.85. The second-order valence-corrected chi connectivity index (χ2v) is 6.20. The smallest absolute Gasteiger partial charge is 0.0810 e. The van der Waals surface area contributed by atoms with E-state index >= 15 is 0 Å². The predicted octanol–water partition coefficient (Wildman–Crippen LogP) is 4.98. The minimum Gasteiger partial charge on any atom is -0.378 e. The highest BCUT2D eigenvalue weighted by atomic mass is 15.1. The second kappa shape index (κ2) is 6.36. The molecule has 0 spiro atoms. The SMILES string of the molecule is CN(C)c1ccc(-c2nc3cccccc-3c2-c2ccccn2)cc1. The molecule has 1 aromatic carbocycles. The first kappa shape index (κ1) is 15.3. The first-order valence-electron chi connectivity index (χ1n) is 8.32. The fourth-order valence-corrected chi connectivity index (χ4v) is 3.05. The highest BCUT2D eigenvalue weighted by Gasteiger charge is 2.20. The Morgan fingerprint density at radius 1 is 0.720 bits per heavy atom. The highest BCUT2D eigenvalue weighted by Crippen LogP contribution is 2.40. The Balaban J connectivity index is 1.95. The topological polar surface area (TPSA) is 29.0 Å². The lowest BCUT2D eigenvalue weighted by atomic mass is 10.0. The minimum absolute atomic E-state index is 0.947. The van der Waals surface area contributed by atoms with Gasteiger partial charge in [0.05, 0.1) is 17.1 Å². The van der Waals surface area contributed by atoms with Crippen LogP contribution in [0.4, 0.5) is 5.69 Å². The van der Waals surface area contributed by atoms with Crippen molar-refractivity contribution in [3.8, 4) is 33.8 Å². The van der Waals surface area contributed by atoms with Gasteiger partial charge in [0, 0.05) is 42.7 Å². The zero-order valence-corrected chi connectivity index (χ0v) is 14.3. The van der Waals surface area contributed by atoms with Crippen LogP contribution in [0.5, 0.6) is 0 Å². The molecule has 25 heavy (non-hydrogen) atoms. The monoisotopic (exact) mass is 325 g/mol. The van der Waals surface area contributed by atoms with E-state index in [4.69, 9.17) is 4.98 Å². The van der Waals surface area contributed by atoms with Gasteiger partial charge in [-0.3, -0.25) is 4.98 Å². The van der Waals surface area contributed by atoms with Gasteiger partial charge in [-0.15, -0.1) is 0 Å². The van der Waals surface area contributed by atoms with Crippen LogP contribution in [0.15, 0.2) is 79.0 Å². The van der Waals surface area contributed by atoms with Crippen molar-refractivity contribution in [3.05, 3.63) is 79.0 Å². The molecule has 1 aromatic heterocycles. The van der Waals surface area contributed by atoms with Crippen molar-refractivity contribution < 1.29 is 0 Å². The van der Waals surface area contributed by atoms with E-state index in [2.05, 4.69) is 52.3 Å². The summed E-state index contributed by atoms with van der Waals surface area (Å²) < 4.78 is 0. The lowest BCUT2D eigenvalue weighted by Gasteiger charge is -2.12. The molecular weight excluding hydrogens is 306 g/mol. The highest BCUT2D eigenvalue weighted by molar-refractivity contribution is 5.93. The molecule has 3 heteroatoms. The van der Waals surface area contributed by atoms with Gasteiger partial charge in [-0.1, -0.05) is 42.5 Å². The molecule has 0 N–H and O–H groups in total. The van der Waals surface area contributed by atoms with Gasteiger partial charge >= 0.3 is 0 Å². The van der Waals surface area contributed by atoms with Crippen LogP contribution in [0.2, 0.25) is 0 Å². The van der Waals surface area contributed by atoms with Gasteiger partial charge in [-0.05, 0) is 30.3 Å². The van der Waals surface area contributed by atoms with E-state index in [0.29, 0.717) is 0 Å². The summed E-state index contributed by atoms with van der Waals surface area (Å²) in [4.78, 5) is 11.6. The molecule has 2 heterocycles. The normalized spacial score (nSPS) is 10.8. The number of hydrogen-bond donors (Lipinski definition) is 0. The van der Waals surface area contributed by atoms with Gasteiger partial charge in [0.25, 0.3) is 0 Å². The third-order valence-corrected chi connectivity index (χ3v) is 4.33. The van der Waals surface area contributed by atoms with Gasteiger partial charge in [-0.2, -0.15) is 0 Å². The number of rotatable bonds is 3. The standard InChI is InChI=1S/C22H19N3/c1-25(2)17-13-11-16(12-14-17)22-21(20-10-6-7-15-23-20)18-8-4-3-5-9-19(18)24-22/h3-15H,1-2H3. The molecule has 2 aromatic rings. The number of aromatic nitrogens is 2. The van der Waals surface area contributed by atoms with Gasteiger partial charge in [-0.25, -0.2) is 4.98 Å². The zero-order chi connectivity index (χ0) is 17.2. The van der Waals surface area contributed by atoms with Crippen molar-refractivity contribution in [2.24, 2.45) is 0 Å². The van der Waals surface area contributed by atoms with E-state index in [-0.39, 0.29) is 0 Å². The third-order valence-electron chi connectivity index (χ3n) is 4.33. The molecule has 0 bridgehead atoms. The maximum Gasteiger partial charge on any atom is 0.0810 e. The van der Waals surface area contributed by atoms with Crippen molar-refractivity contribution in [3.63, 3.8) is 0 Å². The molecule has 2 aliphatic rings. The Hall–Kier alpha value is -3.20. The summed E-state index contributed by atoms with van der Waals surface area (Å²) in [7, 11) is 4.09. The van der Waals surface area contributed by atoms with E-state index in [1.54, 1.807) is 0 Å². The van der Waals surface area contributed by atoms with Crippen LogP contribution in [0, 0.1) is 0 Å². The van der Waals surface area contributed by atoms with E-state index in [9.17, 15) is 0 Å². The number of fused-ring (bicyclic) bond motifs is 1. The van der Waals surface area contributed by atoms with Crippen LogP contribution in [0.25, 0.3) is 33.8 Å². The van der Waals surface area contributed by atoms with Gasteiger partial charge in [0.2, 0.25) is 0 Å². The first-order valence-corrected chi connectivity index (χ1v) is 8.32. The molecule has 0 radical (unpaired) electrons. The summed E-state index contributed by atoms with van der Waals surface area (Å²) in [6.45, 7) is 0. The predicted molar refractivity (Wildman–Crippen MR) is 104 cm³/mol. The number of anilines is 1. The van der Waals surface area contributed by atoms with Gasteiger partial charge in [0.15, 0.2) is 0 Å². The molecular formula is C22H19N3. The Morgan fingerprint density at radius 2 is 1.44 bits per heavy atom. The average molecular weight is 325 g/mol. The Labute approximate surface area is 148 Å². The van der Waals surface area contributed by atoms with E-state index < -0.39 is 0 Å². The molecule has 0 fully saturated rings. The van der Waals surface area contributed by atoms with Crippen molar-refractivity contribution in [2.45, 2.75) is 0 Å². The molecule has 3 nitrogen and oxygen atoms in total. The minimum atomic E-state index is 0.947. The summed E-state index contributed by atoms with van der Waals surface area (Å²) in [6, 6.07) is 24.8.